The average molecular weight is 263 g/mol. The fourth-order valence-corrected chi connectivity index (χ4v) is 1.36. The second-order valence-electron chi connectivity index (χ2n) is 5.35. The van der Waals surface area contributed by atoms with Crippen molar-refractivity contribution in [1.82, 2.24) is 15.6 Å². The van der Waals surface area contributed by atoms with E-state index in [0.29, 0.717) is 25.1 Å². The molecule has 19 heavy (non-hydrogen) atoms. The maximum atomic E-state index is 11.7. The van der Waals surface area contributed by atoms with Crippen molar-refractivity contribution < 1.29 is 9.59 Å². The zero-order valence-corrected chi connectivity index (χ0v) is 11.7. The van der Waals surface area contributed by atoms with Crippen molar-refractivity contribution in [1.29, 1.82) is 0 Å². The number of aromatic nitrogens is 1. The molecule has 0 fully saturated rings. The summed E-state index contributed by atoms with van der Waals surface area (Å²) in [4.78, 5) is 27.1. The third-order valence-electron chi connectivity index (χ3n) is 2.55. The maximum absolute atomic E-state index is 11.7. The highest BCUT2D eigenvalue weighted by atomic mass is 16.2. The quantitative estimate of drug-likeness (QED) is 0.788. The van der Waals surface area contributed by atoms with Crippen LogP contribution in [0, 0.1) is 5.41 Å². The van der Waals surface area contributed by atoms with Crippen LogP contribution in [0.3, 0.4) is 0 Å². The Labute approximate surface area is 113 Å². The van der Waals surface area contributed by atoms with Gasteiger partial charge in [0.25, 0.3) is 5.91 Å². The average Bonchev–Trinajstić information content (AvgIpc) is 2.37. The SMILES string of the molecule is CC(C)(C)C(=O)NCCCNC(=O)c1ccncc1. The fraction of sp³-hybridized carbons (Fsp3) is 0.500. The largest absolute Gasteiger partial charge is 0.356 e. The zero-order valence-electron chi connectivity index (χ0n) is 11.7. The molecular weight excluding hydrogens is 242 g/mol. The Kier molecular flexibility index (Phi) is 5.48. The lowest BCUT2D eigenvalue weighted by Crippen LogP contribution is -2.36. The fourth-order valence-electron chi connectivity index (χ4n) is 1.36. The van der Waals surface area contributed by atoms with Crippen LogP contribution < -0.4 is 10.6 Å². The first-order valence-electron chi connectivity index (χ1n) is 6.38. The number of nitrogens with one attached hydrogen (secondary N) is 2. The van der Waals surface area contributed by atoms with E-state index in [9.17, 15) is 9.59 Å². The number of nitrogens with zero attached hydrogens (tertiary/aromatic N) is 1. The number of carbonyl (C=O) groups excluding carboxylic acids is 2. The summed E-state index contributed by atoms with van der Waals surface area (Å²) in [6.07, 6.45) is 3.87. The van der Waals surface area contributed by atoms with Gasteiger partial charge in [-0.3, -0.25) is 14.6 Å². The van der Waals surface area contributed by atoms with Crippen LogP contribution in [0.4, 0.5) is 0 Å². The van der Waals surface area contributed by atoms with Crippen LogP contribution in [0.2, 0.25) is 0 Å². The summed E-state index contributed by atoms with van der Waals surface area (Å²) in [5.74, 6) is -0.0995. The molecule has 0 aliphatic heterocycles. The van der Waals surface area contributed by atoms with E-state index in [2.05, 4.69) is 15.6 Å². The molecule has 0 saturated heterocycles. The molecule has 0 saturated carbocycles. The minimum Gasteiger partial charge on any atom is -0.356 e. The molecular formula is C14H21N3O2. The smallest absolute Gasteiger partial charge is 0.251 e. The van der Waals surface area contributed by atoms with Gasteiger partial charge in [0.05, 0.1) is 0 Å². The van der Waals surface area contributed by atoms with Crippen molar-refractivity contribution in [3.05, 3.63) is 30.1 Å². The van der Waals surface area contributed by atoms with Crippen LogP contribution in [0.1, 0.15) is 37.6 Å². The van der Waals surface area contributed by atoms with E-state index in [1.54, 1.807) is 24.5 Å². The Bertz CT molecular complexity index is 424. The van der Waals surface area contributed by atoms with E-state index in [4.69, 9.17) is 0 Å². The monoisotopic (exact) mass is 263 g/mol. The molecule has 0 unspecified atom stereocenters. The predicted molar refractivity (Wildman–Crippen MR) is 73.7 cm³/mol. The second-order valence-corrected chi connectivity index (χ2v) is 5.35. The van der Waals surface area contributed by atoms with Gasteiger partial charge >= 0.3 is 0 Å². The van der Waals surface area contributed by atoms with E-state index < -0.39 is 0 Å². The van der Waals surface area contributed by atoms with Gasteiger partial charge < -0.3 is 10.6 Å². The lowest BCUT2D eigenvalue weighted by Gasteiger charge is -2.17. The Balaban J connectivity index is 2.18. The van der Waals surface area contributed by atoms with Crippen LogP contribution in [-0.2, 0) is 4.79 Å². The molecule has 1 rings (SSSR count). The molecule has 104 valence electrons. The number of rotatable bonds is 5. The van der Waals surface area contributed by atoms with Gasteiger partial charge in [0.15, 0.2) is 0 Å². The zero-order chi connectivity index (χ0) is 14.3. The summed E-state index contributed by atoms with van der Waals surface area (Å²) in [6, 6.07) is 3.33. The predicted octanol–water partition coefficient (Wildman–Crippen LogP) is 1.36. The second kappa shape index (κ2) is 6.87. The molecule has 5 heteroatoms. The molecule has 1 heterocycles. The van der Waals surface area contributed by atoms with Crippen LogP contribution in [-0.4, -0.2) is 29.9 Å². The molecule has 0 radical (unpaired) electrons. The minimum absolute atomic E-state index is 0.0213. The molecule has 1 aromatic heterocycles. The van der Waals surface area contributed by atoms with E-state index in [1.165, 1.54) is 0 Å². The minimum atomic E-state index is -0.375. The molecule has 0 aliphatic rings. The Hall–Kier alpha value is -1.91. The van der Waals surface area contributed by atoms with Crippen molar-refractivity contribution in [2.45, 2.75) is 27.2 Å². The van der Waals surface area contributed by atoms with E-state index >= 15 is 0 Å². The van der Waals surface area contributed by atoms with Gasteiger partial charge in [-0.1, -0.05) is 20.8 Å². The van der Waals surface area contributed by atoms with E-state index in [0.717, 1.165) is 0 Å². The first kappa shape index (κ1) is 15.1. The number of hydrogen-bond acceptors (Lipinski definition) is 3. The van der Waals surface area contributed by atoms with E-state index in [1.807, 2.05) is 20.8 Å². The standard InChI is InChI=1S/C14H21N3O2/c1-14(2,3)13(19)17-8-4-7-16-12(18)11-5-9-15-10-6-11/h5-6,9-10H,4,7-8H2,1-3H3,(H,16,18)(H,17,19). The van der Waals surface area contributed by atoms with Gasteiger partial charge in [-0.2, -0.15) is 0 Å². The molecule has 1 aromatic rings. The first-order valence-corrected chi connectivity index (χ1v) is 6.38. The topological polar surface area (TPSA) is 71.1 Å². The lowest BCUT2D eigenvalue weighted by atomic mass is 9.96. The van der Waals surface area contributed by atoms with Gasteiger partial charge in [-0.25, -0.2) is 0 Å². The maximum Gasteiger partial charge on any atom is 0.251 e. The van der Waals surface area contributed by atoms with Gasteiger partial charge in [-0.15, -0.1) is 0 Å². The number of hydrogen-bond donors (Lipinski definition) is 2. The summed E-state index contributed by atoms with van der Waals surface area (Å²) >= 11 is 0. The third kappa shape index (κ3) is 5.50. The molecule has 2 amide bonds. The molecule has 0 bridgehead atoms. The van der Waals surface area contributed by atoms with Crippen LogP contribution >= 0.6 is 0 Å². The first-order chi connectivity index (χ1) is 8.91. The molecule has 0 aliphatic carbocycles. The van der Waals surface area contributed by atoms with Crippen molar-refractivity contribution in [3.63, 3.8) is 0 Å². The third-order valence-corrected chi connectivity index (χ3v) is 2.55. The highest BCUT2D eigenvalue weighted by Crippen LogP contribution is 2.11. The van der Waals surface area contributed by atoms with Crippen molar-refractivity contribution in [3.8, 4) is 0 Å². The van der Waals surface area contributed by atoms with E-state index in [-0.39, 0.29) is 17.2 Å². The molecule has 0 atom stereocenters. The van der Waals surface area contributed by atoms with Gasteiger partial charge in [0, 0.05) is 36.5 Å². The molecule has 0 aromatic carbocycles. The summed E-state index contributed by atoms with van der Waals surface area (Å²) in [5.41, 5.74) is 0.217. The Morgan fingerprint density at radius 2 is 1.68 bits per heavy atom. The highest BCUT2D eigenvalue weighted by molar-refractivity contribution is 5.93. The van der Waals surface area contributed by atoms with Crippen molar-refractivity contribution >= 4 is 11.8 Å². The summed E-state index contributed by atoms with van der Waals surface area (Å²) in [7, 11) is 0. The number of pyridine rings is 1. The van der Waals surface area contributed by atoms with Gasteiger partial charge in [0.2, 0.25) is 5.91 Å². The summed E-state index contributed by atoms with van der Waals surface area (Å²) in [5, 5.41) is 5.63. The lowest BCUT2D eigenvalue weighted by molar-refractivity contribution is -0.128. The van der Waals surface area contributed by atoms with Gasteiger partial charge in [-0.05, 0) is 18.6 Å². The van der Waals surface area contributed by atoms with Crippen LogP contribution in [0.25, 0.3) is 0 Å². The molecule has 5 nitrogen and oxygen atoms in total. The Morgan fingerprint density at radius 1 is 1.11 bits per heavy atom. The molecule has 0 spiro atoms. The van der Waals surface area contributed by atoms with Gasteiger partial charge in [0.1, 0.15) is 0 Å². The Morgan fingerprint density at radius 3 is 2.26 bits per heavy atom. The van der Waals surface area contributed by atoms with Crippen LogP contribution in [0.15, 0.2) is 24.5 Å². The van der Waals surface area contributed by atoms with Crippen molar-refractivity contribution in [2.24, 2.45) is 5.41 Å². The summed E-state index contributed by atoms with van der Waals surface area (Å²) < 4.78 is 0. The van der Waals surface area contributed by atoms with Crippen LogP contribution in [0.5, 0.6) is 0 Å². The normalized spacial score (nSPS) is 10.9. The summed E-state index contributed by atoms with van der Waals surface area (Å²) in [6.45, 7) is 6.70. The van der Waals surface area contributed by atoms with Crippen molar-refractivity contribution in [2.75, 3.05) is 13.1 Å². The number of amides is 2. The highest BCUT2D eigenvalue weighted by Gasteiger charge is 2.20. The molecule has 2 N–H and O–H groups in total. The number of carbonyl (C=O) groups is 2.